The molecular formula is C17H22N4O4S. The molecule has 3 rings (SSSR count). The Morgan fingerprint density at radius 2 is 1.96 bits per heavy atom. The maximum Gasteiger partial charge on any atom is 0.287 e. The molecular weight excluding hydrogens is 356 g/mol. The maximum absolute atomic E-state index is 12.5. The molecule has 3 heterocycles. The third-order valence-corrected chi connectivity index (χ3v) is 6.09. The van der Waals surface area contributed by atoms with Crippen LogP contribution in [0, 0.1) is 6.92 Å². The van der Waals surface area contributed by atoms with E-state index in [0.29, 0.717) is 31.9 Å². The Balaban J connectivity index is 1.47. The fraction of sp³-hybridized carbons (Fsp3) is 0.412. The lowest BCUT2D eigenvalue weighted by atomic mass is 10.3. The number of rotatable bonds is 6. The van der Waals surface area contributed by atoms with E-state index in [1.165, 1.54) is 4.31 Å². The third kappa shape index (κ3) is 4.41. The van der Waals surface area contributed by atoms with Gasteiger partial charge in [0.15, 0.2) is 5.76 Å². The van der Waals surface area contributed by atoms with E-state index >= 15 is 0 Å². The number of nitrogens with one attached hydrogen (secondary N) is 1. The second-order valence-electron chi connectivity index (χ2n) is 6.06. The Morgan fingerprint density at radius 3 is 2.58 bits per heavy atom. The number of hydrogen-bond donors (Lipinski definition) is 1. The second kappa shape index (κ2) is 7.88. The molecule has 1 N–H and O–H groups in total. The van der Waals surface area contributed by atoms with Crippen LogP contribution in [0.25, 0.3) is 0 Å². The van der Waals surface area contributed by atoms with Gasteiger partial charge < -0.3 is 14.6 Å². The zero-order valence-electron chi connectivity index (χ0n) is 14.6. The fourth-order valence-electron chi connectivity index (χ4n) is 2.80. The lowest BCUT2D eigenvalue weighted by Gasteiger charge is -2.34. The molecule has 0 saturated carbocycles. The molecule has 8 nitrogen and oxygen atoms in total. The van der Waals surface area contributed by atoms with Crippen molar-refractivity contribution in [1.29, 1.82) is 0 Å². The number of sulfonamides is 1. The first kappa shape index (κ1) is 18.4. The van der Waals surface area contributed by atoms with Crippen LogP contribution in [0.3, 0.4) is 0 Å². The van der Waals surface area contributed by atoms with Crippen LogP contribution in [0.5, 0.6) is 0 Å². The number of hydrogen-bond acceptors (Lipinski definition) is 6. The SMILES string of the molecule is Cc1ccc(C(=O)NCCS(=O)(=O)N2CCN(c3ccccn3)CC2)o1. The summed E-state index contributed by atoms with van der Waals surface area (Å²) in [6.07, 6.45) is 1.72. The van der Waals surface area contributed by atoms with E-state index in [2.05, 4.69) is 15.2 Å². The van der Waals surface area contributed by atoms with Crippen molar-refractivity contribution in [3.05, 3.63) is 48.0 Å². The molecule has 0 spiro atoms. The predicted molar refractivity (Wildman–Crippen MR) is 97.6 cm³/mol. The van der Waals surface area contributed by atoms with Gasteiger partial charge >= 0.3 is 0 Å². The summed E-state index contributed by atoms with van der Waals surface area (Å²) >= 11 is 0. The molecule has 0 bridgehead atoms. The van der Waals surface area contributed by atoms with Gasteiger partial charge in [-0.25, -0.2) is 13.4 Å². The normalized spacial score (nSPS) is 15.8. The van der Waals surface area contributed by atoms with Crippen molar-refractivity contribution in [3.63, 3.8) is 0 Å². The maximum atomic E-state index is 12.5. The number of pyridine rings is 1. The first-order valence-corrected chi connectivity index (χ1v) is 10.0. The summed E-state index contributed by atoms with van der Waals surface area (Å²) in [4.78, 5) is 18.2. The number of aryl methyl sites for hydroxylation is 1. The zero-order valence-corrected chi connectivity index (χ0v) is 15.4. The van der Waals surface area contributed by atoms with Crippen molar-refractivity contribution in [1.82, 2.24) is 14.6 Å². The van der Waals surface area contributed by atoms with Crippen molar-refractivity contribution < 1.29 is 17.6 Å². The summed E-state index contributed by atoms with van der Waals surface area (Å²) in [5.41, 5.74) is 0. The second-order valence-corrected chi connectivity index (χ2v) is 8.14. The van der Waals surface area contributed by atoms with E-state index in [4.69, 9.17) is 4.42 Å². The Labute approximate surface area is 152 Å². The Morgan fingerprint density at radius 1 is 1.19 bits per heavy atom. The van der Waals surface area contributed by atoms with Crippen molar-refractivity contribution >= 4 is 21.7 Å². The summed E-state index contributed by atoms with van der Waals surface area (Å²) < 4.78 is 31.6. The van der Waals surface area contributed by atoms with Crippen molar-refractivity contribution in [3.8, 4) is 0 Å². The highest BCUT2D eigenvalue weighted by atomic mass is 32.2. The highest BCUT2D eigenvalue weighted by molar-refractivity contribution is 7.89. The number of amides is 1. The van der Waals surface area contributed by atoms with E-state index in [1.54, 1.807) is 25.3 Å². The first-order valence-electron chi connectivity index (χ1n) is 8.44. The number of anilines is 1. The summed E-state index contributed by atoms with van der Waals surface area (Å²) in [6, 6.07) is 8.93. The number of nitrogens with zero attached hydrogens (tertiary/aromatic N) is 3. The van der Waals surface area contributed by atoms with Crippen LogP contribution in [0.1, 0.15) is 16.3 Å². The van der Waals surface area contributed by atoms with Gasteiger partial charge in [0, 0.05) is 38.9 Å². The van der Waals surface area contributed by atoms with Gasteiger partial charge in [0.1, 0.15) is 11.6 Å². The fourth-order valence-corrected chi connectivity index (χ4v) is 4.14. The van der Waals surface area contributed by atoms with Crippen LogP contribution < -0.4 is 10.2 Å². The molecule has 1 aliphatic rings. The summed E-state index contributed by atoms with van der Waals surface area (Å²) in [5, 5.41) is 2.58. The summed E-state index contributed by atoms with van der Waals surface area (Å²) in [7, 11) is -3.42. The highest BCUT2D eigenvalue weighted by Gasteiger charge is 2.27. The molecule has 0 aliphatic carbocycles. The van der Waals surface area contributed by atoms with Gasteiger partial charge in [0.2, 0.25) is 10.0 Å². The average molecular weight is 378 g/mol. The van der Waals surface area contributed by atoms with Crippen LogP contribution >= 0.6 is 0 Å². The van der Waals surface area contributed by atoms with Gasteiger partial charge in [-0.05, 0) is 31.2 Å². The molecule has 0 aromatic carbocycles. The average Bonchev–Trinajstić information content (AvgIpc) is 3.09. The van der Waals surface area contributed by atoms with Crippen LogP contribution in [-0.4, -0.2) is 62.1 Å². The number of piperazine rings is 1. The van der Waals surface area contributed by atoms with Gasteiger partial charge in [0.25, 0.3) is 5.91 Å². The number of aromatic nitrogens is 1. The number of carbonyl (C=O) groups excluding carboxylic acids is 1. The standard InChI is InChI=1S/C17H22N4O4S/c1-14-5-6-15(25-14)17(22)19-8-13-26(23,24)21-11-9-20(10-12-21)16-4-2-3-7-18-16/h2-7H,8-13H2,1H3,(H,19,22). The van der Waals surface area contributed by atoms with Gasteiger partial charge in [0.05, 0.1) is 5.75 Å². The smallest absolute Gasteiger partial charge is 0.287 e. The van der Waals surface area contributed by atoms with E-state index in [-0.39, 0.29) is 18.1 Å². The molecule has 2 aromatic rings. The Hall–Kier alpha value is -2.39. The molecule has 1 fully saturated rings. The molecule has 0 radical (unpaired) electrons. The lowest BCUT2D eigenvalue weighted by Crippen LogP contribution is -2.50. The molecule has 1 aliphatic heterocycles. The van der Waals surface area contributed by atoms with Crippen LogP contribution in [0.15, 0.2) is 40.9 Å². The quantitative estimate of drug-likeness (QED) is 0.801. The van der Waals surface area contributed by atoms with Gasteiger partial charge in [-0.3, -0.25) is 4.79 Å². The summed E-state index contributed by atoms with van der Waals surface area (Å²) in [6.45, 7) is 3.78. The van der Waals surface area contributed by atoms with Crippen LogP contribution in [-0.2, 0) is 10.0 Å². The predicted octanol–water partition coefficient (Wildman–Crippen LogP) is 0.865. The molecule has 2 aromatic heterocycles. The van der Waals surface area contributed by atoms with E-state index < -0.39 is 15.9 Å². The van der Waals surface area contributed by atoms with Crippen LogP contribution in [0.4, 0.5) is 5.82 Å². The van der Waals surface area contributed by atoms with Crippen molar-refractivity contribution in [2.75, 3.05) is 43.4 Å². The lowest BCUT2D eigenvalue weighted by molar-refractivity contribution is 0.0927. The molecule has 140 valence electrons. The van der Waals surface area contributed by atoms with Crippen molar-refractivity contribution in [2.45, 2.75) is 6.92 Å². The molecule has 1 amide bonds. The molecule has 1 saturated heterocycles. The summed E-state index contributed by atoms with van der Waals surface area (Å²) in [5.74, 6) is 1.12. The monoisotopic (exact) mass is 378 g/mol. The first-order chi connectivity index (χ1) is 12.5. The highest BCUT2D eigenvalue weighted by Crippen LogP contribution is 2.14. The molecule has 26 heavy (non-hydrogen) atoms. The van der Waals surface area contributed by atoms with Gasteiger partial charge in [-0.1, -0.05) is 6.07 Å². The third-order valence-electron chi connectivity index (χ3n) is 4.22. The van der Waals surface area contributed by atoms with Gasteiger partial charge in [-0.2, -0.15) is 4.31 Å². The van der Waals surface area contributed by atoms with Crippen LogP contribution in [0.2, 0.25) is 0 Å². The van der Waals surface area contributed by atoms with Crippen molar-refractivity contribution in [2.24, 2.45) is 0 Å². The van der Waals surface area contributed by atoms with E-state index in [9.17, 15) is 13.2 Å². The van der Waals surface area contributed by atoms with E-state index in [1.807, 2.05) is 18.2 Å². The Bertz CT molecular complexity index is 843. The number of furan rings is 1. The van der Waals surface area contributed by atoms with Gasteiger partial charge in [-0.15, -0.1) is 0 Å². The largest absolute Gasteiger partial charge is 0.456 e. The number of carbonyl (C=O) groups is 1. The minimum atomic E-state index is -3.42. The zero-order chi connectivity index (χ0) is 18.6. The Kier molecular flexibility index (Phi) is 5.58. The minimum Gasteiger partial charge on any atom is -0.456 e. The molecule has 0 unspecified atom stereocenters. The van der Waals surface area contributed by atoms with E-state index in [0.717, 1.165) is 5.82 Å². The topological polar surface area (TPSA) is 95.8 Å². The minimum absolute atomic E-state index is 0.0430. The molecule has 0 atom stereocenters. The molecule has 9 heteroatoms.